The predicted molar refractivity (Wildman–Crippen MR) is 167 cm³/mol. The molecule has 2 N–H and O–H groups in total. The summed E-state index contributed by atoms with van der Waals surface area (Å²) in [5.74, 6) is -1.07. The van der Waals surface area contributed by atoms with Crippen molar-refractivity contribution in [1.82, 2.24) is 0 Å². The molecule has 0 aliphatic heterocycles. The largest absolute Gasteiger partial charge is 0.467 e. The third-order valence-electron chi connectivity index (χ3n) is 7.28. The summed E-state index contributed by atoms with van der Waals surface area (Å²) in [4.78, 5) is 25.9. The first-order valence-corrected chi connectivity index (χ1v) is 13.9. The molecule has 0 saturated carbocycles. The number of benzene rings is 3. The van der Waals surface area contributed by atoms with Crippen molar-refractivity contribution in [2.45, 2.75) is 74.0 Å². The Hall–Kier alpha value is -3.90. The number of carbonyl (C=O) groups is 2. The van der Waals surface area contributed by atoms with Crippen LogP contribution in [0.1, 0.15) is 72.7 Å². The highest BCUT2D eigenvalue weighted by Gasteiger charge is 2.35. The van der Waals surface area contributed by atoms with Crippen LogP contribution in [0.4, 0.5) is 5.69 Å². The maximum atomic E-state index is 13.4. The van der Waals surface area contributed by atoms with Crippen LogP contribution in [-0.4, -0.2) is 31.3 Å². The van der Waals surface area contributed by atoms with Gasteiger partial charge < -0.3 is 19.9 Å². The van der Waals surface area contributed by atoms with Crippen LogP contribution in [0.3, 0.4) is 0 Å². The van der Waals surface area contributed by atoms with Crippen LogP contribution in [0.2, 0.25) is 0 Å². The van der Waals surface area contributed by atoms with E-state index in [-0.39, 0.29) is 6.61 Å². The molecule has 0 radical (unpaired) electrons. The Labute approximate surface area is 244 Å². The van der Waals surface area contributed by atoms with Crippen molar-refractivity contribution >= 4 is 23.7 Å². The van der Waals surface area contributed by atoms with E-state index in [9.17, 15) is 9.59 Å². The van der Waals surface area contributed by atoms with E-state index in [2.05, 4.69) is 52.0 Å². The summed E-state index contributed by atoms with van der Waals surface area (Å²) in [5, 5.41) is 0. The Morgan fingerprint density at radius 3 is 1.88 bits per heavy atom. The molecule has 0 saturated heterocycles. The quantitative estimate of drug-likeness (QED) is 0.173. The number of nitrogen functional groups attached to an aromatic ring is 1. The van der Waals surface area contributed by atoms with Gasteiger partial charge in [-0.3, -0.25) is 0 Å². The van der Waals surface area contributed by atoms with Gasteiger partial charge in [-0.2, -0.15) is 0 Å². The number of rotatable bonds is 8. The monoisotopic (exact) mass is 557 g/mol. The fourth-order valence-electron chi connectivity index (χ4n) is 4.96. The van der Waals surface area contributed by atoms with Gasteiger partial charge in [0.1, 0.15) is 0 Å². The second kappa shape index (κ2) is 12.7. The minimum atomic E-state index is -1.12. The van der Waals surface area contributed by atoms with E-state index < -0.39 is 23.6 Å². The molecule has 0 heterocycles. The Kier molecular flexibility index (Phi) is 9.82. The molecule has 6 nitrogen and oxygen atoms in total. The van der Waals surface area contributed by atoms with Gasteiger partial charge in [0.25, 0.3) is 0 Å². The fraction of sp³-hybridized carbons (Fsp3) is 0.371. The molecule has 218 valence electrons. The number of anilines is 1. The van der Waals surface area contributed by atoms with Crippen molar-refractivity contribution in [2.24, 2.45) is 0 Å². The second-order valence-electron chi connectivity index (χ2n) is 11.4. The summed E-state index contributed by atoms with van der Waals surface area (Å²) in [6.45, 7) is 17.9. The predicted octanol–water partition coefficient (Wildman–Crippen LogP) is 7.75. The molecule has 1 atom stereocenters. The molecule has 0 aromatic heterocycles. The molecule has 3 aromatic rings. The van der Waals surface area contributed by atoms with E-state index in [1.54, 1.807) is 13.0 Å². The first-order valence-electron chi connectivity index (χ1n) is 13.9. The molecule has 0 aliphatic carbocycles. The van der Waals surface area contributed by atoms with E-state index in [0.29, 0.717) is 16.8 Å². The van der Waals surface area contributed by atoms with Crippen molar-refractivity contribution in [3.05, 3.63) is 81.4 Å². The van der Waals surface area contributed by atoms with Crippen molar-refractivity contribution in [3.8, 4) is 22.3 Å². The molecule has 1 unspecified atom stereocenters. The molecular weight excluding hydrogens is 514 g/mol. The smallest absolute Gasteiger partial charge is 0.339 e. The number of hydrogen-bond acceptors (Lipinski definition) is 6. The molecule has 6 heteroatoms. The fourth-order valence-corrected chi connectivity index (χ4v) is 4.96. The van der Waals surface area contributed by atoms with E-state index >= 15 is 0 Å². The number of hydrogen-bond donors (Lipinski definition) is 1. The van der Waals surface area contributed by atoms with Gasteiger partial charge in [-0.25, -0.2) is 9.59 Å². The van der Waals surface area contributed by atoms with E-state index in [1.807, 2.05) is 39.8 Å². The third kappa shape index (κ3) is 7.06. The maximum Gasteiger partial charge on any atom is 0.339 e. The Morgan fingerprint density at radius 2 is 1.41 bits per heavy atom. The maximum absolute atomic E-state index is 13.4. The normalized spacial score (nSPS) is 12.4. The Balaban J connectivity index is 2.59. The summed E-state index contributed by atoms with van der Waals surface area (Å²) < 4.78 is 16.8. The Bertz CT molecular complexity index is 1490. The highest BCUT2D eigenvalue weighted by atomic mass is 16.6. The molecule has 3 rings (SSSR count). The molecule has 3 aromatic carbocycles. The van der Waals surface area contributed by atoms with Crippen molar-refractivity contribution in [1.29, 1.82) is 0 Å². The van der Waals surface area contributed by atoms with Crippen LogP contribution in [0.5, 0.6) is 0 Å². The SMILES string of the molecule is CCOC(=O)C=Cc1c(N)c(-c2ccc(C)c(C)c2)c(C)c(-c2ccc(C)c(C)c2)c1C(OC(C)(C)C)C(=O)OC. The first-order chi connectivity index (χ1) is 19.2. The number of esters is 2. The van der Waals surface area contributed by atoms with Gasteiger partial charge in [0.05, 0.1) is 19.3 Å². The van der Waals surface area contributed by atoms with Gasteiger partial charge >= 0.3 is 11.9 Å². The van der Waals surface area contributed by atoms with E-state index in [4.69, 9.17) is 19.9 Å². The average Bonchev–Trinajstić information content (AvgIpc) is 2.89. The van der Waals surface area contributed by atoms with Crippen molar-refractivity contribution in [3.63, 3.8) is 0 Å². The lowest BCUT2D eigenvalue weighted by atomic mass is 9.81. The van der Waals surface area contributed by atoms with E-state index in [1.165, 1.54) is 18.7 Å². The van der Waals surface area contributed by atoms with Crippen LogP contribution in [0.25, 0.3) is 28.3 Å². The Morgan fingerprint density at radius 1 is 0.878 bits per heavy atom. The molecule has 41 heavy (non-hydrogen) atoms. The third-order valence-corrected chi connectivity index (χ3v) is 7.28. The summed E-state index contributed by atoms with van der Waals surface area (Å²) >= 11 is 0. The van der Waals surface area contributed by atoms with Crippen LogP contribution >= 0.6 is 0 Å². The summed E-state index contributed by atoms with van der Waals surface area (Å²) in [6, 6.07) is 12.4. The lowest BCUT2D eigenvalue weighted by Crippen LogP contribution is -2.29. The molecule has 0 bridgehead atoms. The number of nitrogens with two attached hydrogens (primary N) is 1. The van der Waals surface area contributed by atoms with Crippen LogP contribution in [-0.2, 0) is 23.8 Å². The number of ether oxygens (including phenoxy) is 3. The summed E-state index contributed by atoms with van der Waals surface area (Å²) in [6.07, 6.45) is 1.85. The standard InChI is InChI=1S/C35H43NO5/c1-11-40-28(37)17-16-27-31(33(34(38)39-10)41-35(7,8)9)29(25-14-12-20(2)22(4)18-25)24(6)30(32(27)36)26-15-13-21(3)23(5)19-26/h12-19,33H,11,36H2,1-10H3. The molecular formula is C35H43NO5. The highest BCUT2D eigenvalue weighted by Crippen LogP contribution is 2.47. The van der Waals surface area contributed by atoms with Crippen molar-refractivity contribution < 1.29 is 23.8 Å². The van der Waals surface area contributed by atoms with Gasteiger partial charge in [-0.1, -0.05) is 36.4 Å². The summed E-state index contributed by atoms with van der Waals surface area (Å²) in [5.41, 5.74) is 16.7. The number of carbonyl (C=O) groups excluding carboxylic acids is 2. The zero-order valence-electron chi connectivity index (χ0n) is 26.0. The van der Waals surface area contributed by atoms with Crippen LogP contribution in [0.15, 0.2) is 42.5 Å². The zero-order valence-corrected chi connectivity index (χ0v) is 26.0. The number of aryl methyl sites for hydroxylation is 4. The van der Waals surface area contributed by atoms with Crippen LogP contribution < -0.4 is 5.73 Å². The van der Waals surface area contributed by atoms with Crippen molar-refractivity contribution in [2.75, 3.05) is 19.5 Å². The molecule has 0 spiro atoms. The van der Waals surface area contributed by atoms with E-state index in [0.717, 1.165) is 44.5 Å². The van der Waals surface area contributed by atoms with Crippen LogP contribution in [0, 0.1) is 34.6 Å². The van der Waals surface area contributed by atoms with Gasteiger partial charge in [0.2, 0.25) is 0 Å². The summed E-state index contributed by atoms with van der Waals surface area (Å²) in [7, 11) is 1.34. The highest BCUT2D eigenvalue weighted by molar-refractivity contribution is 5.99. The lowest BCUT2D eigenvalue weighted by Gasteiger charge is -2.31. The van der Waals surface area contributed by atoms with Gasteiger partial charge in [0, 0.05) is 28.5 Å². The number of methoxy groups -OCH3 is 1. The topological polar surface area (TPSA) is 87.9 Å². The lowest BCUT2D eigenvalue weighted by molar-refractivity contribution is -0.164. The molecule has 0 amide bonds. The molecule has 0 aliphatic rings. The van der Waals surface area contributed by atoms with Gasteiger partial charge in [0.15, 0.2) is 6.10 Å². The van der Waals surface area contributed by atoms with Gasteiger partial charge in [-0.05, 0) is 113 Å². The minimum absolute atomic E-state index is 0.235. The second-order valence-corrected chi connectivity index (χ2v) is 11.4. The average molecular weight is 558 g/mol. The van der Waals surface area contributed by atoms with Gasteiger partial charge in [-0.15, -0.1) is 0 Å². The molecule has 0 fully saturated rings. The first kappa shape index (κ1) is 31.6. The zero-order chi connectivity index (χ0) is 30.6. The minimum Gasteiger partial charge on any atom is -0.467 e.